The van der Waals surface area contributed by atoms with Crippen molar-refractivity contribution in [3.8, 4) is 0 Å². The monoisotopic (exact) mass is 303 g/mol. The molecule has 1 N–H and O–H groups in total. The van der Waals surface area contributed by atoms with Crippen molar-refractivity contribution in [2.24, 2.45) is 0 Å². The van der Waals surface area contributed by atoms with Gasteiger partial charge in [0.1, 0.15) is 5.82 Å². The summed E-state index contributed by atoms with van der Waals surface area (Å²) in [6, 6.07) is 2.84. The van der Waals surface area contributed by atoms with Crippen LogP contribution in [-0.4, -0.2) is 16.1 Å². The number of aromatic nitrogens is 2. The predicted octanol–water partition coefficient (Wildman–Crippen LogP) is 3.74. The smallest absolute Gasteiger partial charge is 0.110 e. The summed E-state index contributed by atoms with van der Waals surface area (Å²) in [6.45, 7) is 6.47. The molecule has 0 aromatic carbocycles. The van der Waals surface area contributed by atoms with Crippen LogP contribution in [0.3, 0.4) is 0 Å². The van der Waals surface area contributed by atoms with E-state index < -0.39 is 0 Å². The van der Waals surface area contributed by atoms with E-state index in [0.29, 0.717) is 6.04 Å². The fourth-order valence-corrected chi connectivity index (χ4v) is 4.53. The summed E-state index contributed by atoms with van der Waals surface area (Å²) in [5.41, 5.74) is 1.59. The third kappa shape index (κ3) is 3.22. The SMILES string of the molecule is CCCn1ccnc1CC(NCC)c1cc2c(s1)CCC2. The first-order chi connectivity index (χ1) is 10.3. The van der Waals surface area contributed by atoms with Gasteiger partial charge in [0.25, 0.3) is 0 Å². The third-order valence-electron chi connectivity index (χ3n) is 4.21. The van der Waals surface area contributed by atoms with E-state index in [4.69, 9.17) is 0 Å². The molecule has 0 radical (unpaired) electrons. The quantitative estimate of drug-likeness (QED) is 0.844. The number of aryl methyl sites for hydroxylation is 3. The van der Waals surface area contributed by atoms with Crippen LogP contribution in [0.15, 0.2) is 18.5 Å². The lowest BCUT2D eigenvalue weighted by atomic mass is 10.1. The van der Waals surface area contributed by atoms with E-state index in [0.717, 1.165) is 25.9 Å². The maximum Gasteiger partial charge on any atom is 0.110 e. The molecule has 4 heteroatoms. The van der Waals surface area contributed by atoms with E-state index in [2.05, 4.69) is 41.0 Å². The molecule has 3 rings (SSSR count). The zero-order valence-corrected chi connectivity index (χ0v) is 13.9. The Labute approximate surface area is 131 Å². The van der Waals surface area contributed by atoms with Gasteiger partial charge in [-0.25, -0.2) is 4.98 Å². The zero-order valence-electron chi connectivity index (χ0n) is 13.1. The minimum absolute atomic E-state index is 0.406. The minimum Gasteiger partial charge on any atom is -0.335 e. The van der Waals surface area contributed by atoms with Crippen LogP contribution in [0.4, 0.5) is 0 Å². The molecule has 3 nitrogen and oxygen atoms in total. The lowest BCUT2D eigenvalue weighted by Gasteiger charge is -2.17. The first-order valence-electron chi connectivity index (χ1n) is 8.16. The Bertz CT molecular complexity index is 563. The Morgan fingerprint density at radius 2 is 2.29 bits per heavy atom. The van der Waals surface area contributed by atoms with Gasteiger partial charge >= 0.3 is 0 Å². The van der Waals surface area contributed by atoms with Crippen molar-refractivity contribution in [2.75, 3.05) is 6.54 Å². The second-order valence-corrected chi connectivity index (χ2v) is 6.97. The number of hydrogen-bond acceptors (Lipinski definition) is 3. The van der Waals surface area contributed by atoms with Gasteiger partial charge in [-0.1, -0.05) is 13.8 Å². The highest BCUT2D eigenvalue weighted by Gasteiger charge is 2.21. The van der Waals surface area contributed by atoms with Gasteiger partial charge in [0, 0.05) is 41.2 Å². The maximum atomic E-state index is 4.57. The molecule has 114 valence electrons. The summed E-state index contributed by atoms with van der Waals surface area (Å²) in [7, 11) is 0. The fraction of sp³-hybridized carbons (Fsp3) is 0.588. The van der Waals surface area contributed by atoms with E-state index in [9.17, 15) is 0 Å². The normalized spacial score (nSPS) is 15.3. The van der Waals surface area contributed by atoms with Crippen molar-refractivity contribution in [1.29, 1.82) is 0 Å². The molecule has 0 aliphatic heterocycles. The Kier molecular flexibility index (Phi) is 4.76. The van der Waals surface area contributed by atoms with Crippen molar-refractivity contribution in [1.82, 2.24) is 14.9 Å². The average Bonchev–Trinajstić information content (AvgIpc) is 3.14. The summed E-state index contributed by atoms with van der Waals surface area (Å²) >= 11 is 2.01. The molecule has 21 heavy (non-hydrogen) atoms. The van der Waals surface area contributed by atoms with E-state index in [1.165, 1.54) is 30.0 Å². The number of thiophene rings is 1. The number of nitrogens with zero attached hydrogens (tertiary/aromatic N) is 2. The molecular formula is C17H25N3S. The topological polar surface area (TPSA) is 29.9 Å². The zero-order chi connectivity index (χ0) is 14.7. The van der Waals surface area contributed by atoms with Crippen LogP contribution >= 0.6 is 11.3 Å². The van der Waals surface area contributed by atoms with Crippen molar-refractivity contribution in [3.63, 3.8) is 0 Å². The Balaban J connectivity index is 1.78. The number of fused-ring (bicyclic) bond motifs is 1. The Hall–Kier alpha value is -1.13. The van der Waals surface area contributed by atoms with E-state index in [1.54, 1.807) is 10.4 Å². The highest BCUT2D eigenvalue weighted by Crippen LogP contribution is 2.34. The summed E-state index contributed by atoms with van der Waals surface area (Å²) < 4.78 is 2.30. The first kappa shape index (κ1) is 14.8. The molecule has 0 amide bonds. The van der Waals surface area contributed by atoms with Crippen LogP contribution in [0.1, 0.15) is 53.9 Å². The largest absolute Gasteiger partial charge is 0.335 e. The molecule has 0 bridgehead atoms. The molecule has 0 spiro atoms. The van der Waals surface area contributed by atoms with Gasteiger partial charge in [-0.3, -0.25) is 0 Å². The molecular weight excluding hydrogens is 278 g/mol. The fourth-order valence-electron chi connectivity index (χ4n) is 3.20. The summed E-state index contributed by atoms with van der Waals surface area (Å²) in [4.78, 5) is 7.68. The molecule has 2 aromatic rings. The van der Waals surface area contributed by atoms with Gasteiger partial charge in [0.15, 0.2) is 0 Å². The van der Waals surface area contributed by atoms with Crippen LogP contribution in [-0.2, 0) is 25.8 Å². The van der Waals surface area contributed by atoms with Gasteiger partial charge in [0.05, 0.1) is 0 Å². The number of rotatable bonds is 7. The molecule has 1 aliphatic rings. The van der Waals surface area contributed by atoms with E-state index >= 15 is 0 Å². The Morgan fingerprint density at radius 3 is 3.05 bits per heavy atom. The second-order valence-electron chi connectivity index (χ2n) is 5.80. The number of likely N-dealkylation sites (N-methyl/N-ethyl adjacent to an activating group) is 1. The Morgan fingerprint density at radius 1 is 1.38 bits per heavy atom. The van der Waals surface area contributed by atoms with Crippen LogP contribution in [0.2, 0.25) is 0 Å². The van der Waals surface area contributed by atoms with Crippen molar-refractivity contribution >= 4 is 11.3 Å². The van der Waals surface area contributed by atoms with Crippen LogP contribution in [0.5, 0.6) is 0 Å². The van der Waals surface area contributed by atoms with Crippen molar-refractivity contribution in [2.45, 2.75) is 58.5 Å². The lowest BCUT2D eigenvalue weighted by Crippen LogP contribution is -2.23. The minimum atomic E-state index is 0.406. The lowest BCUT2D eigenvalue weighted by molar-refractivity contribution is 0.522. The first-order valence-corrected chi connectivity index (χ1v) is 8.98. The number of imidazole rings is 1. The molecule has 0 saturated carbocycles. The third-order valence-corrected chi connectivity index (χ3v) is 5.56. The molecule has 1 aliphatic carbocycles. The molecule has 1 atom stereocenters. The van der Waals surface area contributed by atoms with Crippen molar-refractivity contribution in [3.05, 3.63) is 39.6 Å². The van der Waals surface area contributed by atoms with Crippen molar-refractivity contribution < 1.29 is 0 Å². The van der Waals surface area contributed by atoms with Gasteiger partial charge in [0.2, 0.25) is 0 Å². The van der Waals surface area contributed by atoms with Gasteiger partial charge in [-0.05, 0) is 43.9 Å². The molecule has 0 fully saturated rings. The standard InChI is InChI=1S/C17H25N3S/c1-3-9-20-10-8-19-17(20)12-14(18-4-2)16-11-13-6-5-7-15(13)21-16/h8,10-11,14,18H,3-7,9,12H2,1-2H3. The van der Waals surface area contributed by atoms with E-state index in [-0.39, 0.29) is 0 Å². The van der Waals surface area contributed by atoms with Crippen LogP contribution < -0.4 is 5.32 Å². The molecule has 1 unspecified atom stereocenters. The number of nitrogens with one attached hydrogen (secondary N) is 1. The van der Waals surface area contributed by atoms with Gasteiger partial charge in [-0.2, -0.15) is 0 Å². The maximum absolute atomic E-state index is 4.57. The van der Waals surface area contributed by atoms with Gasteiger partial charge < -0.3 is 9.88 Å². The highest BCUT2D eigenvalue weighted by molar-refractivity contribution is 7.12. The molecule has 2 aromatic heterocycles. The van der Waals surface area contributed by atoms with E-state index in [1.807, 2.05) is 17.5 Å². The second kappa shape index (κ2) is 6.75. The predicted molar refractivity (Wildman–Crippen MR) is 89.0 cm³/mol. The highest BCUT2D eigenvalue weighted by atomic mass is 32.1. The molecule has 2 heterocycles. The summed E-state index contributed by atoms with van der Waals surface area (Å²) in [6.07, 6.45) is 10.1. The van der Waals surface area contributed by atoms with Crippen LogP contribution in [0, 0.1) is 0 Å². The van der Waals surface area contributed by atoms with Gasteiger partial charge in [-0.15, -0.1) is 11.3 Å². The van der Waals surface area contributed by atoms with Crippen LogP contribution in [0.25, 0.3) is 0 Å². The summed E-state index contributed by atoms with van der Waals surface area (Å²) in [5, 5.41) is 3.65. The average molecular weight is 303 g/mol. The molecule has 0 saturated heterocycles. The number of hydrogen-bond donors (Lipinski definition) is 1. The summed E-state index contributed by atoms with van der Waals surface area (Å²) in [5.74, 6) is 1.20.